The first-order chi connectivity index (χ1) is 10.3. The molecule has 2 amide bonds. The fourth-order valence-corrected chi connectivity index (χ4v) is 2.46. The van der Waals surface area contributed by atoms with Crippen molar-refractivity contribution in [2.45, 2.75) is 38.2 Å². The lowest BCUT2D eigenvalue weighted by atomic mass is 10.3. The maximum Gasteiger partial charge on any atom is 0.319 e. The molecule has 0 unspecified atom stereocenters. The number of amides is 2. The van der Waals surface area contributed by atoms with Gasteiger partial charge in [0.25, 0.3) is 0 Å². The second-order valence-corrected chi connectivity index (χ2v) is 5.24. The van der Waals surface area contributed by atoms with Crippen molar-refractivity contribution in [2.24, 2.45) is 0 Å². The summed E-state index contributed by atoms with van der Waals surface area (Å²) in [6.45, 7) is 1.33. The molecule has 0 saturated heterocycles. The van der Waals surface area contributed by atoms with Crippen molar-refractivity contribution in [3.8, 4) is 5.75 Å². The molecule has 0 spiro atoms. The van der Waals surface area contributed by atoms with E-state index in [-0.39, 0.29) is 6.03 Å². The lowest BCUT2D eigenvalue weighted by molar-refractivity contribution is 0.0572. The van der Waals surface area contributed by atoms with Crippen LogP contribution in [0.25, 0.3) is 0 Å². The van der Waals surface area contributed by atoms with Crippen LogP contribution in [0, 0.1) is 0 Å². The van der Waals surface area contributed by atoms with Gasteiger partial charge in [-0.05, 0) is 31.4 Å². The normalized spacial score (nSPS) is 14.9. The summed E-state index contributed by atoms with van der Waals surface area (Å²) in [5.41, 5.74) is 0.717. The van der Waals surface area contributed by atoms with Crippen LogP contribution in [0.3, 0.4) is 0 Å². The molecule has 0 atom stereocenters. The van der Waals surface area contributed by atoms with Crippen molar-refractivity contribution in [1.82, 2.24) is 5.32 Å². The van der Waals surface area contributed by atoms with Crippen molar-refractivity contribution in [1.29, 1.82) is 0 Å². The Bertz CT molecular complexity index is 445. The van der Waals surface area contributed by atoms with Gasteiger partial charge in [-0.1, -0.05) is 18.9 Å². The highest BCUT2D eigenvalue weighted by molar-refractivity contribution is 5.89. The molecule has 1 aromatic rings. The molecule has 116 valence electrons. The molecule has 0 aliphatic heterocycles. The van der Waals surface area contributed by atoms with Gasteiger partial charge < -0.3 is 20.1 Å². The zero-order valence-corrected chi connectivity index (χ0v) is 12.6. The van der Waals surface area contributed by atoms with Crippen LogP contribution in [0.15, 0.2) is 24.3 Å². The standard InChI is InChI=1S/C16H24N2O3/c1-20-15-9-4-6-13(12-15)18-16(19)17-10-5-11-21-14-7-2-3-8-14/h4,6,9,12,14H,2-3,5,7-8,10-11H2,1H3,(H2,17,18,19). The maximum atomic E-state index is 11.7. The summed E-state index contributed by atoms with van der Waals surface area (Å²) in [6.07, 6.45) is 6.21. The zero-order valence-electron chi connectivity index (χ0n) is 12.6. The molecule has 1 aromatic carbocycles. The van der Waals surface area contributed by atoms with Crippen LogP contribution >= 0.6 is 0 Å². The highest BCUT2D eigenvalue weighted by atomic mass is 16.5. The van der Waals surface area contributed by atoms with E-state index >= 15 is 0 Å². The van der Waals surface area contributed by atoms with E-state index in [1.54, 1.807) is 13.2 Å². The molecule has 0 aromatic heterocycles. The van der Waals surface area contributed by atoms with Crippen LogP contribution in [0.4, 0.5) is 10.5 Å². The Kier molecular flexibility index (Phi) is 6.34. The van der Waals surface area contributed by atoms with Crippen LogP contribution in [-0.4, -0.2) is 32.4 Å². The predicted molar refractivity (Wildman–Crippen MR) is 82.8 cm³/mol. The largest absolute Gasteiger partial charge is 0.497 e. The van der Waals surface area contributed by atoms with Gasteiger partial charge in [-0.2, -0.15) is 0 Å². The number of nitrogens with one attached hydrogen (secondary N) is 2. The topological polar surface area (TPSA) is 59.6 Å². The molecule has 1 fully saturated rings. The molecule has 0 bridgehead atoms. The Morgan fingerprint density at radius 2 is 2.14 bits per heavy atom. The van der Waals surface area contributed by atoms with E-state index in [1.807, 2.05) is 18.2 Å². The van der Waals surface area contributed by atoms with E-state index in [1.165, 1.54) is 25.7 Å². The van der Waals surface area contributed by atoms with Gasteiger partial charge in [-0.3, -0.25) is 0 Å². The Morgan fingerprint density at radius 3 is 2.90 bits per heavy atom. The molecule has 2 rings (SSSR count). The molecular formula is C16H24N2O3. The number of carbonyl (C=O) groups is 1. The van der Waals surface area contributed by atoms with Gasteiger partial charge in [0.15, 0.2) is 0 Å². The Morgan fingerprint density at radius 1 is 1.33 bits per heavy atom. The second kappa shape index (κ2) is 8.52. The number of hydrogen-bond donors (Lipinski definition) is 2. The summed E-state index contributed by atoms with van der Waals surface area (Å²) >= 11 is 0. The number of hydrogen-bond acceptors (Lipinski definition) is 3. The van der Waals surface area contributed by atoms with Gasteiger partial charge >= 0.3 is 6.03 Å². The third-order valence-electron chi connectivity index (χ3n) is 3.59. The molecule has 5 nitrogen and oxygen atoms in total. The summed E-state index contributed by atoms with van der Waals surface area (Å²) in [6, 6.07) is 7.07. The number of ether oxygens (including phenoxy) is 2. The van der Waals surface area contributed by atoms with E-state index in [0.717, 1.165) is 12.2 Å². The lowest BCUT2D eigenvalue weighted by Crippen LogP contribution is -2.30. The number of carbonyl (C=O) groups excluding carboxylic acids is 1. The van der Waals surface area contributed by atoms with Crippen molar-refractivity contribution in [2.75, 3.05) is 25.6 Å². The molecule has 1 aliphatic rings. The smallest absolute Gasteiger partial charge is 0.319 e. The van der Waals surface area contributed by atoms with E-state index in [0.29, 0.717) is 24.9 Å². The summed E-state index contributed by atoms with van der Waals surface area (Å²) in [5.74, 6) is 0.720. The predicted octanol–water partition coefficient (Wildman–Crippen LogP) is 3.17. The average molecular weight is 292 g/mol. The van der Waals surface area contributed by atoms with Gasteiger partial charge in [0.05, 0.1) is 13.2 Å². The van der Waals surface area contributed by atoms with Crippen molar-refractivity contribution < 1.29 is 14.3 Å². The quantitative estimate of drug-likeness (QED) is 0.759. The SMILES string of the molecule is COc1cccc(NC(=O)NCCCOC2CCCC2)c1. The number of anilines is 1. The number of rotatable bonds is 7. The van der Waals surface area contributed by atoms with Crippen molar-refractivity contribution in [3.05, 3.63) is 24.3 Å². The van der Waals surface area contributed by atoms with E-state index < -0.39 is 0 Å². The maximum absolute atomic E-state index is 11.7. The molecule has 21 heavy (non-hydrogen) atoms. The van der Waals surface area contributed by atoms with Crippen LogP contribution in [0.2, 0.25) is 0 Å². The fraction of sp³-hybridized carbons (Fsp3) is 0.562. The number of benzene rings is 1. The first-order valence-corrected chi connectivity index (χ1v) is 7.58. The lowest BCUT2D eigenvalue weighted by Gasteiger charge is -2.11. The van der Waals surface area contributed by atoms with Crippen LogP contribution in [0.1, 0.15) is 32.1 Å². The van der Waals surface area contributed by atoms with Gasteiger partial charge in [-0.15, -0.1) is 0 Å². The fourth-order valence-electron chi connectivity index (χ4n) is 2.46. The monoisotopic (exact) mass is 292 g/mol. The summed E-state index contributed by atoms with van der Waals surface area (Å²) in [7, 11) is 1.60. The first kappa shape index (κ1) is 15.6. The molecule has 0 heterocycles. The first-order valence-electron chi connectivity index (χ1n) is 7.58. The van der Waals surface area contributed by atoms with Crippen LogP contribution in [0.5, 0.6) is 5.75 Å². The summed E-state index contributed by atoms with van der Waals surface area (Å²) in [4.78, 5) is 11.7. The minimum atomic E-state index is -0.205. The van der Waals surface area contributed by atoms with Gasteiger partial charge in [0.2, 0.25) is 0 Å². The number of methoxy groups -OCH3 is 1. The van der Waals surface area contributed by atoms with Crippen molar-refractivity contribution >= 4 is 11.7 Å². The van der Waals surface area contributed by atoms with E-state index in [4.69, 9.17) is 9.47 Å². The minimum absolute atomic E-state index is 0.205. The highest BCUT2D eigenvalue weighted by Gasteiger charge is 2.14. The number of urea groups is 1. The molecule has 2 N–H and O–H groups in total. The zero-order chi connectivity index (χ0) is 14.9. The molecule has 5 heteroatoms. The minimum Gasteiger partial charge on any atom is -0.497 e. The third kappa shape index (κ3) is 5.63. The average Bonchev–Trinajstić information content (AvgIpc) is 3.00. The van der Waals surface area contributed by atoms with Crippen LogP contribution in [-0.2, 0) is 4.74 Å². The third-order valence-corrected chi connectivity index (χ3v) is 3.59. The van der Waals surface area contributed by atoms with Crippen molar-refractivity contribution in [3.63, 3.8) is 0 Å². The molecule has 1 aliphatic carbocycles. The van der Waals surface area contributed by atoms with Gasteiger partial charge in [0, 0.05) is 24.9 Å². The van der Waals surface area contributed by atoms with Gasteiger partial charge in [0.1, 0.15) is 5.75 Å². The van der Waals surface area contributed by atoms with E-state index in [2.05, 4.69) is 10.6 Å². The van der Waals surface area contributed by atoms with Gasteiger partial charge in [-0.25, -0.2) is 4.79 Å². The molecule has 0 radical (unpaired) electrons. The molecular weight excluding hydrogens is 268 g/mol. The Labute approximate surface area is 126 Å². The Hall–Kier alpha value is -1.75. The molecule has 1 saturated carbocycles. The van der Waals surface area contributed by atoms with Crippen LogP contribution < -0.4 is 15.4 Å². The Balaban J connectivity index is 1.58. The second-order valence-electron chi connectivity index (χ2n) is 5.24. The van der Waals surface area contributed by atoms with E-state index in [9.17, 15) is 4.79 Å². The summed E-state index contributed by atoms with van der Waals surface area (Å²) in [5, 5.41) is 5.60. The highest BCUT2D eigenvalue weighted by Crippen LogP contribution is 2.20. The summed E-state index contributed by atoms with van der Waals surface area (Å²) < 4.78 is 10.9.